The van der Waals surface area contributed by atoms with E-state index in [1.165, 1.54) is 37.0 Å². The van der Waals surface area contributed by atoms with Gasteiger partial charge in [0.2, 0.25) is 0 Å². The van der Waals surface area contributed by atoms with Crippen LogP contribution in [-0.2, 0) is 7.05 Å². The Morgan fingerprint density at radius 1 is 1.00 bits per heavy atom. The lowest BCUT2D eigenvalue weighted by molar-refractivity contribution is -0.663. The third kappa shape index (κ3) is 1.93. The van der Waals surface area contributed by atoms with Crippen LogP contribution in [0.1, 0.15) is 5.56 Å². The molecule has 0 amide bonds. The molecule has 3 heteroatoms. The van der Waals surface area contributed by atoms with Crippen molar-refractivity contribution in [3.8, 4) is 11.3 Å². The third-order valence-corrected chi connectivity index (χ3v) is 5.07. The van der Waals surface area contributed by atoms with Gasteiger partial charge in [0, 0.05) is 31.8 Å². The summed E-state index contributed by atoms with van der Waals surface area (Å²) in [6, 6.07) is 15.3. The summed E-state index contributed by atoms with van der Waals surface area (Å²) in [6.07, 6.45) is 3.70. The van der Waals surface area contributed by atoms with E-state index >= 15 is 0 Å². The van der Waals surface area contributed by atoms with Crippen molar-refractivity contribution in [2.75, 3.05) is 0 Å². The minimum Gasteiger partial charge on any atom is -0.233 e. The van der Waals surface area contributed by atoms with E-state index in [0.29, 0.717) is 0 Å². The lowest BCUT2D eigenvalue weighted by atomic mass is 10.0. The molecule has 4 aromatic rings. The van der Waals surface area contributed by atoms with Gasteiger partial charge in [0.25, 0.3) is 6.33 Å². The molecular formula is C18H15N2S+. The molecule has 102 valence electrons. The summed E-state index contributed by atoms with van der Waals surface area (Å²) in [4.78, 5) is 4.17. The van der Waals surface area contributed by atoms with Crippen molar-refractivity contribution < 1.29 is 4.57 Å². The zero-order valence-electron chi connectivity index (χ0n) is 12.0. The van der Waals surface area contributed by atoms with Gasteiger partial charge in [-0.25, -0.2) is 4.57 Å². The third-order valence-electron chi connectivity index (χ3n) is 3.94. The molecule has 0 atom stereocenters. The summed E-state index contributed by atoms with van der Waals surface area (Å²) in [5.74, 6) is 0. The Kier molecular flexibility index (Phi) is 2.76. The van der Waals surface area contributed by atoms with E-state index in [-0.39, 0.29) is 0 Å². The molecule has 0 aliphatic rings. The van der Waals surface area contributed by atoms with Gasteiger partial charge in [-0.15, -0.1) is 11.3 Å². The molecule has 2 heterocycles. The lowest BCUT2D eigenvalue weighted by Crippen LogP contribution is -2.31. The van der Waals surface area contributed by atoms with Gasteiger partial charge in [-0.2, -0.15) is 0 Å². The van der Waals surface area contributed by atoms with Gasteiger partial charge >= 0.3 is 0 Å². The van der Waals surface area contributed by atoms with Crippen LogP contribution in [0.4, 0.5) is 0 Å². The van der Waals surface area contributed by atoms with Crippen molar-refractivity contribution in [3.63, 3.8) is 0 Å². The number of hydrogen-bond acceptors (Lipinski definition) is 2. The zero-order valence-corrected chi connectivity index (χ0v) is 12.8. The monoisotopic (exact) mass is 291 g/mol. The minimum atomic E-state index is 1.19. The van der Waals surface area contributed by atoms with Gasteiger partial charge in [-0.3, -0.25) is 0 Å². The molecule has 2 aromatic carbocycles. The molecule has 4 rings (SSSR count). The van der Waals surface area contributed by atoms with Crippen LogP contribution in [0.25, 0.3) is 31.4 Å². The van der Waals surface area contributed by atoms with E-state index in [2.05, 4.69) is 58.9 Å². The maximum atomic E-state index is 4.17. The second-order valence-electron chi connectivity index (χ2n) is 5.34. The van der Waals surface area contributed by atoms with E-state index < -0.39 is 0 Å². The maximum absolute atomic E-state index is 4.17. The van der Waals surface area contributed by atoms with Crippen LogP contribution in [0.5, 0.6) is 0 Å². The highest BCUT2D eigenvalue weighted by atomic mass is 32.1. The topological polar surface area (TPSA) is 16.8 Å². The number of nitrogens with zero attached hydrogens (tertiary/aromatic N) is 2. The predicted octanol–water partition coefficient (Wildman–Crippen LogP) is 4.25. The average molecular weight is 291 g/mol. The average Bonchev–Trinajstić information content (AvgIpc) is 2.84. The molecule has 0 saturated carbocycles. The molecule has 2 nitrogen and oxygen atoms in total. The molecule has 0 N–H and O–H groups in total. The molecule has 0 bridgehead atoms. The fourth-order valence-corrected chi connectivity index (χ4v) is 4.05. The van der Waals surface area contributed by atoms with Crippen molar-refractivity contribution in [2.24, 2.45) is 7.05 Å². The fraction of sp³-hybridized carbons (Fsp3) is 0.111. The highest BCUT2D eigenvalue weighted by Gasteiger charge is 2.13. The lowest BCUT2D eigenvalue weighted by Gasteiger charge is -2.06. The number of rotatable bonds is 1. The van der Waals surface area contributed by atoms with Crippen LogP contribution in [-0.4, -0.2) is 4.98 Å². The largest absolute Gasteiger partial charge is 0.286 e. The molecule has 2 aromatic heterocycles. The van der Waals surface area contributed by atoms with Crippen LogP contribution < -0.4 is 4.57 Å². The first-order valence-corrected chi connectivity index (χ1v) is 7.77. The van der Waals surface area contributed by atoms with Crippen LogP contribution in [0.3, 0.4) is 0 Å². The molecular weight excluding hydrogens is 276 g/mol. The Labute approximate surface area is 127 Å². The number of fused-ring (bicyclic) bond motifs is 3. The standard InChI is InChI=1S/C18H15N2S/c1-12-9-18-15(13-5-3-4-6-17(13)21-18)10-14(12)16-7-8-19-11-20(16)2/h3-11H,1-2H3/q+1. The quantitative estimate of drug-likeness (QED) is 0.479. The van der Waals surface area contributed by atoms with Crippen LogP contribution >= 0.6 is 11.3 Å². The molecule has 0 aliphatic heterocycles. The highest BCUT2D eigenvalue weighted by molar-refractivity contribution is 7.25. The van der Waals surface area contributed by atoms with Gasteiger partial charge < -0.3 is 0 Å². The summed E-state index contributed by atoms with van der Waals surface area (Å²) in [6.45, 7) is 2.18. The Balaban J connectivity index is 2.08. The van der Waals surface area contributed by atoms with Gasteiger partial charge in [0.05, 0.1) is 7.05 Å². The van der Waals surface area contributed by atoms with Crippen molar-refractivity contribution in [1.29, 1.82) is 0 Å². The number of thiophene rings is 1. The number of aryl methyl sites for hydroxylation is 2. The summed E-state index contributed by atoms with van der Waals surface area (Å²) >= 11 is 1.86. The second-order valence-corrected chi connectivity index (χ2v) is 6.42. The highest BCUT2D eigenvalue weighted by Crippen LogP contribution is 2.37. The summed E-state index contributed by atoms with van der Waals surface area (Å²) in [7, 11) is 2.04. The number of hydrogen-bond donors (Lipinski definition) is 0. The van der Waals surface area contributed by atoms with Crippen molar-refractivity contribution >= 4 is 31.5 Å². The van der Waals surface area contributed by atoms with E-state index in [4.69, 9.17) is 0 Å². The molecule has 0 saturated heterocycles. The summed E-state index contributed by atoms with van der Waals surface area (Å²) < 4.78 is 4.78. The Bertz CT molecular complexity index is 969. The van der Waals surface area contributed by atoms with Gasteiger partial charge in [0.1, 0.15) is 11.9 Å². The summed E-state index contributed by atoms with van der Waals surface area (Å²) in [5.41, 5.74) is 3.77. The van der Waals surface area contributed by atoms with Crippen molar-refractivity contribution in [1.82, 2.24) is 4.98 Å². The first-order valence-electron chi connectivity index (χ1n) is 6.96. The smallest absolute Gasteiger partial charge is 0.233 e. The van der Waals surface area contributed by atoms with Crippen LogP contribution in [0.15, 0.2) is 55.0 Å². The van der Waals surface area contributed by atoms with E-state index in [1.54, 1.807) is 0 Å². The molecule has 0 spiro atoms. The van der Waals surface area contributed by atoms with Crippen molar-refractivity contribution in [3.05, 3.63) is 60.6 Å². The van der Waals surface area contributed by atoms with E-state index in [0.717, 1.165) is 0 Å². The van der Waals surface area contributed by atoms with Gasteiger partial charge in [0.15, 0.2) is 0 Å². The normalized spacial score (nSPS) is 11.3. The molecule has 0 unspecified atom stereocenters. The molecule has 0 aliphatic carbocycles. The van der Waals surface area contributed by atoms with Crippen LogP contribution in [0.2, 0.25) is 0 Å². The summed E-state index contributed by atoms with van der Waals surface area (Å²) in [5, 5.41) is 2.68. The first kappa shape index (κ1) is 12.5. The van der Waals surface area contributed by atoms with E-state index in [9.17, 15) is 0 Å². The Morgan fingerprint density at radius 3 is 2.71 bits per heavy atom. The molecule has 0 radical (unpaired) electrons. The van der Waals surface area contributed by atoms with Crippen LogP contribution in [0, 0.1) is 6.92 Å². The number of benzene rings is 2. The zero-order chi connectivity index (χ0) is 14.4. The van der Waals surface area contributed by atoms with Gasteiger partial charge in [-0.05, 0) is 30.7 Å². The molecule has 0 fully saturated rings. The Hall–Kier alpha value is -2.26. The minimum absolute atomic E-state index is 1.19. The predicted molar refractivity (Wildman–Crippen MR) is 88.5 cm³/mol. The molecule has 21 heavy (non-hydrogen) atoms. The Morgan fingerprint density at radius 2 is 1.86 bits per heavy atom. The maximum Gasteiger partial charge on any atom is 0.286 e. The van der Waals surface area contributed by atoms with Crippen molar-refractivity contribution in [2.45, 2.75) is 6.92 Å². The fourth-order valence-electron chi connectivity index (χ4n) is 2.86. The first-order chi connectivity index (χ1) is 10.2. The second kappa shape index (κ2) is 4.64. The van der Waals surface area contributed by atoms with Gasteiger partial charge in [-0.1, -0.05) is 23.2 Å². The van der Waals surface area contributed by atoms with E-state index in [1.807, 2.05) is 30.9 Å². The SMILES string of the molecule is Cc1cc2sc3ccccc3c2cc1-c1ccnc[n+]1C. The number of aromatic nitrogens is 2.